The van der Waals surface area contributed by atoms with Crippen molar-refractivity contribution < 1.29 is 22.0 Å². The third kappa shape index (κ3) is 5.64. The van der Waals surface area contributed by atoms with Crippen molar-refractivity contribution in [1.82, 2.24) is 10.3 Å². The highest BCUT2D eigenvalue weighted by molar-refractivity contribution is 7.92. The van der Waals surface area contributed by atoms with E-state index in [1.807, 2.05) is 0 Å². The first-order chi connectivity index (χ1) is 17.4. The molecule has 8 nitrogen and oxygen atoms in total. The van der Waals surface area contributed by atoms with E-state index in [-0.39, 0.29) is 16.9 Å². The van der Waals surface area contributed by atoms with Crippen molar-refractivity contribution in [2.45, 2.75) is 6.92 Å². The fourth-order valence-electron chi connectivity index (χ4n) is 3.72. The zero-order valence-corrected chi connectivity index (χ0v) is 22.2. The number of anilines is 1. The van der Waals surface area contributed by atoms with Gasteiger partial charge in [-0.3, -0.25) is 14.1 Å². The van der Waals surface area contributed by atoms with Crippen molar-refractivity contribution in [3.05, 3.63) is 84.3 Å². The first-order valence-electron chi connectivity index (χ1n) is 11.2. The van der Waals surface area contributed by atoms with Gasteiger partial charge in [0.25, 0.3) is 5.91 Å². The van der Waals surface area contributed by atoms with Crippen LogP contribution < -0.4 is 9.62 Å². The van der Waals surface area contributed by atoms with Gasteiger partial charge < -0.3 is 9.73 Å². The van der Waals surface area contributed by atoms with Crippen LogP contribution in [0.2, 0.25) is 0 Å². The fourth-order valence-corrected chi connectivity index (χ4v) is 4.23. The Morgan fingerprint density at radius 2 is 1.84 bits per heavy atom. The average Bonchev–Trinajstić information content (AvgIpc) is 3.23. The van der Waals surface area contributed by atoms with Crippen LogP contribution in [0.4, 0.5) is 10.1 Å². The number of rotatable bonds is 9. The Morgan fingerprint density at radius 1 is 1.19 bits per heavy atom. The Bertz CT molecular complexity index is 1540. The van der Waals surface area contributed by atoms with Crippen molar-refractivity contribution in [2.75, 3.05) is 31.7 Å². The van der Waals surface area contributed by atoms with Gasteiger partial charge in [-0.25, -0.2) is 12.8 Å². The van der Waals surface area contributed by atoms with Crippen LogP contribution in [0.25, 0.3) is 27.9 Å². The number of likely N-dealkylation sites (N-methyl/N-ethyl adjacent to an activating group) is 1. The Morgan fingerprint density at radius 3 is 2.38 bits per heavy atom. The molecule has 10 heteroatoms. The topological polar surface area (TPSA) is 95.2 Å². The van der Waals surface area contributed by atoms with E-state index in [4.69, 9.17) is 4.42 Å². The second-order valence-corrected chi connectivity index (χ2v) is 10.2. The number of fused-ring (bicyclic) bond motifs is 1. The van der Waals surface area contributed by atoms with Gasteiger partial charge in [-0.05, 0) is 48.9 Å². The zero-order valence-electron chi connectivity index (χ0n) is 21.4. The first kappa shape index (κ1) is 27.4. The maximum Gasteiger partial charge on any atom is 0.255 e. The number of hydrogen-bond acceptors (Lipinski definition) is 6. The molecule has 0 saturated heterocycles. The molecule has 37 heavy (non-hydrogen) atoms. The molecule has 1 aromatic heterocycles. The van der Waals surface area contributed by atoms with Crippen molar-refractivity contribution in [2.24, 2.45) is 5.10 Å². The smallest absolute Gasteiger partial charge is 0.255 e. The van der Waals surface area contributed by atoms with Gasteiger partial charge in [0.2, 0.25) is 10.0 Å². The quantitative estimate of drug-likeness (QED) is 0.241. The van der Waals surface area contributed by atoms with Crippen LogP contribution in [-0.2, 0) is 10.0 Å². The second-order valence-electron chi connectivity index (χ2n) is 8.18. The molecule has 1 N–H and O–H groups in total. The molecular formula is C27H29FN4O4S. The molecule has 0 fully saturated rings. The Kier molecular flexibility index (Phi) is 8.03. The van der Waals surface area contributed by atoms with E-state index < -0.39 is 21.7 Å². The lowest BCUT2D eigenvalue weighted by molar-refractivity contribution is 0.0964. The standard InChI is InChI=1S/C27H29FN4O4S/c1-8-18(14-17(3)31(5)30-9-2)21-15-22-24(16-23(21)32(6)37(7,34)35)36-26(25(22)27(33)29-4)19-10-12-20(28)13-11-19/h8-16H,1,3H2,2,4-7H3,(H,29,33). The molecule has 0 radical (unpaired) electrons. The number of nitrogens with one attached hydrogen (secondary N) is 1. The molecular weight excluding hydrogens is 495 g/mol. The second kappa shape index (κ2) is 10.8. The number of nitrogens with zero attached hydrogens (tertiary/aromatic N) is 3. The largest absolute Gasteiger partial charge is 0.455 e. The van der Waals surface area contributed by atoms with Crippen LogP contribution in [0.15, 0.2) is 76.9 Å². The number of allylic oxidation sites excluding steroid dienone is 3. The van der Waals surface area contributed by atoms with Gasteiger partial charge in [-0.15, -0.1) is 0 Å². The molecule has 0 aliphatic carbocycles. The van der Waals surface area contributed by atoms with E-state index >= 15 is 0 Å². The molecule has 2 aromatic carbocycles. The summed E-state index contributed by atoms with van der Waals surface area (Å²) in [6, 6.07) is 8.78. The maximum absolute atomic E-state index is 13.6. The minimum atomic E-state index is -3.67. The number of furan rings is 1. The van der Waals surface area contributed by atoms with Crippen LogP contribution in [0.1, 0.15) is 22.8 Å². The Labute approximate surface area is 216 Å². The highest BCUT2D eigenvalue weighted by Crippen LogP contribution is 2.40. The summed E-state index contributed by atoms with van der Waals surface area (Å²) in [6.45, 7) is 9.70. The summed E-state index contributed by atoms with van der Waals surface area (Å²) in [7, 11) is 0.967. The highest BCUT2D eigenvalue weighted by atomic mass is 32.2. The molecule has 1 amide bonds. The van der Waals surface area contributed by atoms with E-state index in [0.717, 1.165) is 10.6 Å². The van der Waals surface area contributed by atoms with E-state index in [9.17, 15) is 17.6 Å². The molecule has 1 heterocycles. The van der Waals surface area contributed by atoms with E-state index in [1.165, 1.54) is 38.4 Å². The average molecular weight is 525 g/mol. The Balaban J connectivity index is 2.41. The van der Waals surface area contributed by atoms with Gasteiger partial charge in [0.15, 0.2) is 0 Å². The van der Waals surface area contributed by atoms with Gasteiger partial charge in [0, 0.05) is 49.9 Å². The van der Waals surface area contributed by atoms with Gasteiger partial charge in [0.1, 0.15) is 17.2 Å². The van der Waals surface area contributed by atoms with Crippen LogP contribution >= 0.6 is 0 Å². The van der Waals surface area contributed by atoms with E-state index in [2.05, 4.69) is 23.6 Å². The highest BCUT2D eigenvalue weighted by Gasteiger charge is 2.26. The number of hydrazone groups is 1. The molecule has 194 valence electrons. The molecule has 0 unspecified atom stereocenters. The number of halogens is 1. The molecule has 0 bridgehead atoms. The van der Waals surface area contributed by atoms with Crippen molar-refractivity contribution in [3.63, 3.8) is 0 Å². The fraction of sp³-hybridized carbons (Fsp3) is 0.185. The molecule has 0 aliphatic rings. The lowest BCUT2D eigenvalue weighted by Crippen LogP contribution is -2.25. The number of amides is 1. The summed E-state index contributed by atoms with van der Waals surface area (Å²) in [4.78, 5) is 13.0. The summed E-state index contributed by atoms with van der Waals surface area (Å²) < 4.78 is 45.8. The van der Waals surface area contributed by atoms with Crippen LogP contribution in [0, 0.1) is 5.82 Å². The Hall–Kier alpha value is -4.18. The monoisotopic (exact) mass is 524 g/mol. The lowest BCUT2D eigenvalue weighted by atomic mass is 9.97. The predicted octanol–water partition coefficient (Wildman–Crippen LogP) is 5.01. The molecule has 3 rings (SSSR count). The SMILES string of the molecule is C=CC(=CC(=C)N(C)N=CC)c1cc2c(C(=O)NC)c(-c3ccc(F)cc3)oc2cc1N(C)S(C)(=O)=O. The van der Waals surface area contributed by atoms with Crippen LogP contribution in [0.3, 0.4) is 0 Å². The summed E-state index contributed by atoms with van der Waals surface area (Å²) in [5.41, 5.74) is 2.84. The third-order valence-electron chi connectivity index (χ3n) is 5.76. The number of sulfonamides is 1. The summed E-state index contributed by atoms with van der Waals surface area (Å²) in [6.07, 6.45) is 5.97. The molecule has 0 aliphatic heterocycles. The summed E-state index contributed by atoms with van der Waals surface area (Å²) in [5, 5.41) is 8.79. The third-order valence-corrected chi connectivity index (χ3v) is 6.95. The molecule has 0 spiro atoms. The first-order valence-corrected chi connectivity index (χ1v) is 13.1. The molecule has 0 saturated carbocycles. The minimum Gasteiger partial charge on any atom is -0.455 e. The summed E-state index contributed by atoms with van der Waals surface area (Å²) >= 11 is 0. The maximum atomic E-state index is 13.6. The van der Waals surface area contributed by atoms with Crippen LogP contribution in [0.5, 0.6) is 0 Å². The predicted molar refractivity (Wildman–Crippen MR) is 147 cm³/mol. The number of benzene rings is 2. The van der Waals surface area contributed by atoms with Gasteiger partial charge in [-0.1, -0.05) is 19.2 Å². The lowest BCUT2D eigenvalue weighted by Gasteiger charge is -2.22. The molecule has 0 atom stereocenters. The van der Waals surface area contributed by atoms with Crippen molar-refractivity contribution >= 4 is 44.4 Å². The molecule has 3 aromatic rings. The number of hydrogen-bond donors (Lipinski definition) is 1. The zero-order chi connectivity index (χ0) is 27.5. The van der Waals surface area contributed by atoms with Crippen LogP contribution in [-0.4, -0.2) is 52.9 Å². The van der Waals surface area contributed by atoms with Gasteiger partial charge in [0.05, 0.1) is 23.2 Å². The summed E-state index contributed by atoms with van der Waals surface area (Å²) in [5.74, 6) is -0.622. The normalized spacial score (nSPS) is 12.1. The number of carbonyl (C=O) groups is 1. The van der Waals surface area contributed by atoms with Crippen molar-refractivity contribution in [3.8, 4) is 11.3 Å². The minimum absolute atomic E-state index is 0.227. The van der Waals surface area contributed by atoms with Gasteiger partial charge in [-0.2, -0.15) is 5.10 Å². The van der Waals surface area contributed by atoms with E-state index in [0.29, 0.717) is 33.5 Å². The van der Waals surface area contributed by atoms with Crippen molar-refractivity contribution in [1.29, 1.82) is 0 Å². The van der Waals surface area contributed by atoms with Gasteiger partial charge >= 0.3 is 0 Å². The van der Waals surface area contributed by atoms with E-state index in [1.54, 1.807) is 49.5 Å². The number of carbonyl (C=O) groups excluding carboxylic acids is 1.